The van der Waals surface area contributed by atoms with Gasteiger partial charge in [-0.2, -0.15) is 0 Å². The average molecular weight is 247 g/mol. The standard InChI is InChI=1S/C12H12N2O2S/c1-9-3-2-4-10(7-9)14-11-5-6-13-8-12(11)17(15)16/h2-8H,1H3,(H,13,14)(H,15,16)/p-1. The first-order chi connectivity index (χ1) is 8.16. The molecule has 5 heteroatoms. The van der Waals surface area contributed by atoms with E-state index in [-0.39, 0.29) is 4.90 Å². The smallest absolute Gasteiger partial charge is 0.0667 e. The minimum atomic E-state index is -2.29. The number of pyridine rings is 1. The molecule has 2 rings (SSSR count). The van der Waals surface area contributed by atoms with Crippen LogP contribution < -0.4 is 5.32 Å². The van der Waals surface area contributed by atoms with Gasteiger partial charge >= 0.3 is 0 Å². The van der Waals surface area contributed by atoms with E-state index in [0.717, 1.165) is 11.3 Å². The molecule has 0 aliphatic carbocycles. The summed E-state index contributed by atoms with van der Waals surface area (Å²) >= 11 is -2.29. The van der Waals surface area contributed by atoms with Gasteiger partial charge in [0.1, 0.15) is 0 Å². The first-order valence-electron chi connectivity index (χ1n) is 5.04. The summed E-state index contributed by atoms with van der Waals surface area (Å²) in [4.78, 5) is 3.95. The van der Waals surface area contributed by atoms with Crippen LogP contribution in [-0.4, -0.2) is 13.7 Å². The lowest BCUT2D eigenvalue weighted by molar-refractivity contribution is 0.537. The van der Waals surface area contributed by atoms with Crippen LogP contribution in [0.4, 0.5) is 11.4 Å². The third-order valence-corrected chi connectivity index (χ3v) is 2.95. The zero-order valence-electron chi connectivity index (χ0n) is 9.21. The topological polar surface area (TPSA) is 65.0 Å². The highest BCUT2D eigenvalue weighted by molar-refractivity contribution is 7.79. The van der Waals surface area contributed by atoms with Crippen molar-refractivity contribution in [2.75, 3.05) is 5.32 Å². The van der Waals surface area contributed by atoms with Gasteiger partial charge in [0.05, 0.1) is 10.6 Å². The van der Waals surface area contributed by atoms with Crippen molar-refractivity contribution in [2.24, 2.45) is 0 Å². The van der Waals surface area contributed by atoms with E-state index in [1.54, 1.807) is 12.3 Å². The minimum Gasteiger partial charge on any atom is -0.768 e. The maximum absolute atomic E-state index is 11.0. The zero-order valence-corrected chi connectivity index (χ0v) is 10.0. The van der Waals surface area contributed by atoms with Crippen LogP contribution in [0.1, 0.15) is 5.56 Å². The molecule has 2 aromatic rings. The van der Waals surface area contributed by atoms with Gasteiger partial charge in [0.15, 0.2) is 0 Å². The van der Waals surface area contributed by atoms with Gasteiger partial charge in [0.2, 0.25) is 0 Å². The number of benzene rings is 1. The van der Waals surface area contributed by atoms with Crippen LogP contribution in [0, 0.1) is 6.92 Å². The fourth-order valence-electron chi connectivity index (χ4n) is 1.49. The Hall–Kier alpha value is -1.72. The summed E-state index contributed by atoms with van der Waals surface area (Å²) < 4.78 is 22.0. The molecule has 1 heterocycles. The monoisotopic (exact) mass is 247 g/mol. The van der Waals surface area contributed by atoms with Crippen LogP contribution in [0.3, 0.4) is 0 Å². The number of hydrogen-bond acceptors (Lipinski definition) is 4. The molecule has 88 valence electrons. The van der Waals surface area contributed by atoms with Gasteiger partial charge in [-0.3, -0.25) is 9.19 Å². The first kappa shape index (κ1) is 11.8. The summed E-state index contributed by atoms with van der Waals surface area (Å²) in [5, 5.41) is 3.06. The lowest BCUT2D eigenvalue weighted by atomic mass is 10.2. The van der Waals surface area contributed by atoms with Crippen LogP contribution in [0.5, 0.6) is 0 Å². The quantitative estimate of drug-likeness (QED) is 0.846. The fourth-order valence-corrected chi connectivity index (χ4v) is 1.94. The molecule has 0 amide bonds. The molecule has 1 N–H and O–H groups in total. The predicted octanol–water partition coefficient (Wildman–Crippen LogP) is 2.37. The van der Waals surface area contributed by atoms with Crippen LogP contribution in [0.25, 0.3) is 0 Å². The predicted molar refractivity (Wildman–Crippen MR) is 65.9 cm³/mol. The molecule has 1 unspecified atom stereocenters. The number of hydrogen-bond donors (Lipinski definition) is 1. The van der Waals surface area contributed by atoms with E-state index in [1.165, 1.54) is 6.20 Å². The van der Waals surface area contributed by atoms with E-state index in [2.05, 4.69) is 10.3 Å². The van der Waals surface area contributed by atoms with Crippen LogP contribution in [0.15, 0.2) is 47.6 Å². The van der Waals surface area contributed by atoms with Gasteiger partial charge in [-0.15, -0.1) is 0 Å². The van der Waals surface area contributed by atoms with Gasteiger partial charge in [-0.05, 0) is 41.8 Å². The lowest BCUT2D eigenvalue weighted by Crippen LogP contribution is -1.98. The van der Waals surface area contributed by atoms with Crippen LogP contribution >= 0.6 is 0 Å². The molecular weight excluding hydrogens is 236 g/mol. The summed E-state index contributed by atoms with van der Waals surface area (Å²) in [6.07, 6.45) is 2.87. The number of aryl methyl sites for hydroxylation is 1. The maximum Gasteiger partial charge on any atom is 0.0667 e. The molecule has 1 aromatic heterocycles. The SMILES string of the molecule is Cc1cccc(Nc2ccncc2S(=O)[O-])c1. The second kappa shape index (κ2) is 5.07. The molecule has 0 spiro atoms. The minimum absolute atomic E-state index is 0.161. The Labute approximate surface area is 102 Å². The van der Waals surface area contributed by atoms with Gasteiger partial charge in [0.25, 0.3) is 0 Å². The largest absolute Gasteiger partial charge is 0.768 e. The average Bonchev–Trinajstić information content (AvgIpc) is 2.29. The van der Waals surface area contributed by atoms with Crippen molar-refractivity contribution in [1.29, 1.82) is 0 Å². The molecule has 1 atom stereocenters. The highest BCUT2D eigenvalue weighted by Crippen LogP contribution is 2.22. The van der Waals surface area contributed by atoms with E-state index in [4.69, 9.17) is 0 Å². The summed E-state index contributed by atoms with van der Waals surface area (Å²) in [5.74, 6) is 0. The molecule has 0 aliphatic heterocycles. The van der Waals surface area contributed by atoms with E-state index < -0.39 is 11.1 Å². The molecule has 0 bridgehead atoms. The van der Waals surface area contributed by atoms with Crippen LogP contribution in [0.2, 0.25) is 0 Å². The maximum atomic E-state index is 11.0. The Balaban J connectivity index is 2.33. The number of nitrogens with one attached hydrogen (secondary N) is 1. The van der Waals surface area contributed by atoms with Gasteiger partial charge in [-0.25, -0.2) is 0 Å². The molecule has 0 aliphatic rings. The van der Waals surface area contributed by atoms with Gasteiger partial charge in [-0.1, -0.05) is 12.1 Å². The second-order valence-corrected chi connectivity index (χ2v) is 4.51. The van der Waals surface area contributed by atoms with Gasteiger partial charge in [0, 0.05) is 18.1 Å². The lowest BCUT2D eigenvalue weighted by Gasteiger charge is -2.13. The van der Waals surface area contributed by atoms with Crippen molar-refractivity contribution in [3.8, 4) is 0 Å². The molecule has 4 nitrogen and oxygen atoms in total. The van der Waals surface area contributed by atoms with Crippen molar-refractivity contribution in [1.82, 2.24) is 4.98 Å². The summed E-state index contributed by atoms with van der Waals surface area (Å²) in [7, 11) is 0. The molecule has 17 heavy (non-hydrogen) atoms. The molecule has 0 saturated heterocycles. The van der Waals surface area contributed by atoms with Crippen molar-refractivity contribution >= 4 is 22.5 Å². The molecule has 0 saturated carbocycles. The Kier molecular flexibility index (Phi) is 3.51. The molecule has 1 aromatic carbocycles. The molecule has 0 fully saturated rings. The first-order valence-corrected chi connectivity index (χ1v) is 6.11. The van der Waals surface area contributed by atoms with Crippen molar-refractivity contribution in [3.63, 3.8) is 0 Å². The normalized spacial score (nSPS) is 12.1. The summed E-state index contributed by atoms with van der Waals surface area (Å²) in [6, 6.07) is 9.34. The number of anilines is 2. The van der Waals surface area contributed by atoms with Gasteiger partial charge < -0.3 is 9.87 Å². The Morgan fingerprint density at radius 3 is 2.88 bits per heavy atom. The number of rotatable bonds is 3. The third-order valence-electron chi connectivity index (χ3n) is 2.26. The van der Waals surface area contributed by atoms with E-state index in [0.29, 0.717) is 5.69 Å². The molecular formula is C12H11N2O2S-. The Bertz CT molecular complexity index is 558. The highest BCUT2D eigenvalue weighted by Gasteiger charge is 2.03. The van der Waals surface area contributed by atoms with Crippen molar-refractivity contribution in [3.05, 3.63) is 48.3 Å². The van der Waals surface area contributed by atoms with Crippen molar-refractivity contribution in [2.45, 2.75) is 11.8 Å². The summed E-state index contributed by atoms with van der Waals surface area (Å²) in [6.45, 7) is 1.98. The van der Waals surface area contributed by atoms with E-state index >= 15 is 0 Å². The number of aromatic nitrogens is 1. The summed E-state index contributed by atoms with van der Waals surface area (Å²) in [5.41, 5.74) is 2.48. The highest BCUT2D eigenvalue weighted by atomic mass is 32.2. The van der Waals surface area contributed by atoms with Crippen LogP contribution in [-0.2, 0) is 11.1 Å². The third kappa shape index (κ3) is 2.89. The zero-order chi connectivity index (χ0) is 12.3. The Morgan fingerprint density at radius 1 is 1.35 bits per heavy atom. The second-order valence-electron chi connectivity index (χ2n) is 3.60. The molecule has 0 radical (unpaired) electrons. The fraction of sp³-hybridized carbons (Fsp3) is 0.0833. The van der Waals surface area contributed by atoms with Crippen molar-refractivity contribution < 1.29 is 8.76 Å². The number of nitrogens with zero attached hydrogens (tertiary/aromatic N) is 1. The van der Waals surface area contributed by atoms with E-state index in [9.17, 15) is 8.76 Å². The van der Waals surface area contributed by atoms with E-state index in [1.807, 2.05) is 31.2 Å². The Morgan fingerprint density at radius 2 is 2.18 bits per heavy atom.